The third kappa shape index (κ3) is 3.62. The maximum atomic E-state index is 12.5. The van der Waals surface area contributed by atoms with Gasteiger partial charge in [0.2, 0.25) is 11.7 Å². The molecule has 1 aliphatic rings. The Bertz CT molecular complexity index is 991. The molecule has 1 unspecified atom stereocenters. The fourth-order valence-electron chi connectivity index (χ4n) is 3.38. The van der Waals surface area contributed by atoms with E-state index >= 15 is 0 Å². The molecule has 1 amide bonds. The van der Waals surface area contributed by atoms with Gasteiger partial charge in [0.1, 0.15) is 11.4 Å². The summed E-state index contributed by atoms with van der Waals surface area (Å²) >= 11 is 0. The number of methoxy groups -OCH3 is 1. The van der Waals surface area contributed by atoms with Crippen LogP contribution in [0.3, 0.4) is 0 Å². The van der Waals surface area contributed by atoms with Crippen molar-refractivity contribution < 1.29 is 14.1 Å². The number of imidazole rings is 1. The minimum atomic E-state index is -0.200. The number of nitrogens with one attached hydrogen (secondary N) is 2. The third-order valence-corrected chi connectivity index (χ3v) is 4.78. The number of fused-ring (bicyclic) bond motifs is 1. The van der Waals surface area contributed by atoms with E-state index in [2.05, 4.69) is 39.3 Å². The lowest BCUT2D eigenvalue weighted by Crippen LogP contribution is -2.26. The van der Waals surface area contributed by atoms with E-state index in [1.165, 1.54) is 0 Å². The fourth-order valence-corrected chi connectivity index (χ4v) is 3.38. The quantitative estimate of drug-likeness (QED) is 0.704. The summed E-state index contributed by atoms with van der Waals surface area (Å²) in [5.74, 6) is 2.50. The minimum Gasteiger partial charge on any atom is -0.497 e. The van der Waals surface area contributed by atoms with E-state index < -0.39 is 0 Å². The van der Waals surface area contributed by atoms with Crippen LogP contribution < -0.4 is 10.1 Å². The Labute approximate surface area is 162 Å². The monoisotopic (exact) mass is 381 g/mol. The zero-order valence-corrected chi connectivity index (χ0v) is 16.2. The van der Waals surface area contributed by atoms with Crippen molar-refractivity contribution in [1.29, 1.82) is 0 Å². The average Bonchev–Trinajstić information content (AvgIpc) is 3.28. The van der Waals surface area contributed by atoms with E-state index in [0.717, 1.165) is 17.0 Å². The average molecular weight is 381 g/mol. The van der Waals surface area contributed by atoms with Crippen molar-refractivity contribution in [3.63, 3.8) is 0 Å². The first-order chi connectivity index (χ1) is 13.5. The molecule has 0 saturated heterocycles. The zero-order valence-electron chi connectivity index (χ0n) is 16.2. The summed E-state index contributed by atoms with van der Waals surface area (Å²) in [5, 5.41) is 6.96. The lowest BCUT2D eigenvalue weighted by atomic mass is 9.94. The normalized spacial score (nSPS) is 16.6. The largest absolute Gasteiger partial charge is 0.497 e. The maximum Gasteiger partial charge on any atom is 0.271 e. The van der Waals surface area contributed by atoms with Crippen LogP contribution in [0, 0.1) is 5.92 Å². The van der Waals surface area contributed by atoms with Gasteiger partial charge in [-0.1, -0.05) is 31.1 Å². The van der Waals surface area contributed by atoms with Crippen molar-refractivity contribution in [2.45, 2.75) is 32.6 Å². The number of aromatic amines is 1. The number of hydrogen-bond donors (Lipinski definition) is 2. The van der Waals surface area contributed by atoms with Crippen molar-refractivity contribution in [1.82, 2.24) is 25.4 Å². The Morgan fingerprint density at radius 1 is 1.32 bits per heavy atom. The van der Waals surface area contributed by atoms with Gasteiger partial charge in [0.05, 0.1) is 7.11 Å². The van der Waals surface area contributed by atoms with Gasteiger partial charge in [0.15, 0.2) is 5.82 Å². The standard InChI is InChI=1S/C20H23N5O3/c1-11(2)7-16-23-19(25-28-16)18-22-15-9-13(10-21-20(26)17(15)24-18)12-5-4-6-14(8-12)27-3/h4-6,8,11,13H,7,9-10H2,1-3H3,(H,21,26)(H,22,24). The van der Waals surface area contributed by atoms with Gasteiger partial charge >= 0.3 is 0 Å². The third-order valence-electron chi connectivity index (χ3n) is 4.78. The lowest BCUT2D eigenvalue weighted by Gasteiger charge is -2.15. The molecule has 3 heterocycles. The highest BCUT2D eigenvalue weighted by atomic mass is 16.5. The van der Waals surface area contributed by atoms with Gasteiger partial charge in [-0.05, 0) is 30.0 Å². The Hall–Kier alpha value is -3.16. The molecule has 0 aliphatic carbocycles. The molecule has 0 radical (unpaired) electrons. The number of nitrogens with zero attached hydrogens (tertiary/aromatic N) is 3. The molecule has 8 heteroatoms. The molecule has 1 atom stereocenters. The van der Waals surface area contributed by atoms with Gasteiger partial charge in [-0.25, -0.2) is 4.98 Å². The molecule has 0 saturated carbocycles. The topological polar surface area (TPSA) is 106 Å². The number of carbonyl (C=O) groups excluding carboxylic acids is 1. The van der Waals surface area contributed by atoms with Crippen molar-refractivity contribution in [2.75, 3.05) is 13.7 Å². The lowest BCUT2D eigenvalue weighted by molar-refractivity contribution is 0.0950. The van der Waals surface area contributed by atoms with Crippen LogP contribution in [0.5, 0.6) is 5.75 Å². The van der Waals surface area contributed by atoms with Crippen molar-refractivity contribution in [3.05, 3.63) is 47.1 Å². The number of H-pyrrole nitrogens is 1. The van der Waals surface area contributed by atoms with E-state index in [0.29, 0.717) is 48.5 Å². The molecule has 28 heavy (non-hydrogen) atoms. The summed E-state index contributed by atoms with van der Waals surface area (Å²) in [5.41, 5.74) is 2.26. The number of rotatable bonds is 5. The summed E-state index contributed by atoms with van der Waals surface area (Å²) < 4.78 is 10.6. The van der Waals surface area contributed by atoms with Crippen LogP contribution in [-0.4, -0.2) is 39.7 Å². The van der Waals surface area contributed by atoms with Crippen LogP contribution in [0.4, 0.5) is 0 Å². The molecule has 0 bridgehead atoms. The van der Waals surface area contributed by atoms with E-state index in [1.54, 1.807) is 7.11 Å². The molecule has 2 N–H and O–H groups in total. The van der Waals surface area contributed by atoms with Gasteiger partial charge in [-0.3, -0.25) is 4.79 Å². The molecule has 1 aliphatic heterocycles. The molecule has 0 spiro atoms. The SMILES string of the molecule is COc1cccc(C2CNC(=O)c3nc(-c4noc(CC(C)C)n4)[nH]c3C2)c1. The number of amides is 1. The van der Waals surface area contributed by atoms with E-state index in [4.69, 9.17) is 9.26 Å². The smallest absolute Gasteiger partial charge is 0.271 e. The summed E-state index contributed by atoms with van der Waals surface area (Å²) in [7, 11) is 1.64. The summed E-state index contributed by atoms with van der Waals surface area (Å²) in [4.78, 5) is 24.6. The number of carbonyl (C=O) groups is 1. The first kappa shape index (κ1) is 18.2. The second-order valence-corrected chi connectivity index (χ2v) is 7.41. The zero-order chi connectivity index (χ0) is 19.7. The van der Waals surface area contributed by atoms with E-state index in [1.807, 2.05) is 24.3 Å². The molecule has 2 aromatic heterocycles. The summed E-state index contributed by atoms with van der Waals surface area (Å²) in [6.07, 6.45) is 1.34. The maximum absolute atomic E-state index is 12.5. The van der Waals surface area contributed by atoms with Gasteiger partial charge in [-0.15, -0.1) is 0 Å². The molecule has 1 aromatic carbocycles. The number of hydrogen-bond acceptors (Lipinski definition) is 6. The molecule has 3 aromatic rings. The van der Waals surface area contributed by atoms with Gasteiger partial charge in [0.25, 0.3) is 5.91 Å². The van der Waals surface area contributed by atoms with Crippen molar-refractivity contribution in [2.24, 2.45) is 5.92 Å². The van der Waals surface area contributed by atoms with Gasteiger partial charge < -0.3 is 19.6 Å². The first-order valence-electron chi connectivity index (χ1n) is 9.37. The molecule has 8 nitrogen and oxygen atoms in total. The molecule has 0 fully saturated rings. The van der Waals surface area contributed by atoms with Crippen LogP contribution in [-0.2, 0) is 12.8 Å². The van der Waals surface area contributed by atoms with Crippen LogP contribution in [0.1, 0.15) is 47.4 Å². The highest BCUT2D eigenvalue weighted by Gasteiger charge is 2.27. The molecule has 4 rings (SSSR count). The highest BCUT2D eigenvalue weighted by molar-refractivity contribution is 5.94. The fraction of sp³-hybridized carbons (Fsp3) is 0.400. The summed E-state index contributed by atoms with van der Waals surface area (Å²) in [6, 6.07) is 7.90. The molecular weight excluding hydrogens is 358 g/mol. The van der Waals surface area contributed by atoms with Crippen molar-refractivity contribution >= 4 is 5.91 Å². The molecular formula is C20H23N5O3. The Kier molecular flexibility index (Phi) is 4.85. The minimum absolute atomic E-state index is 0.107. The van der Waals surface area contributed by atoms with Crippen LogP contribution in [0.15, 0.2) is 28.8 Å². The van der Waals surface area contributed by atoms with E-state index in [9.17, 15) is 4.79 Å². The van der Waals surface area contributed by atoms with Gasteiger partial charge in [-0.2, -0.15) is 4.98 Å². The predicted molar refractivity (Wildman–Crippen MR) is 102 cm³/mol. The molecule has 146 valence electrons. The number of aromatic nitrogens is 4. The van der Waals surface area contributed by atoms with Gasteiger partial charge in [0, 0.05) is 24.6 Å². The van der Waals surface area contributed by atoms with E-state index in [-0.39, 0.29) is 11.8 Å². The Balaban J connectivity index is 1.62. The van der Waals surface area contributed by atoms with Crippen LogP contribution >= 0.6 is 0 Å². The second-order valence-electron chi connectivity index (χ2n) is 7.41. The van der Waals surface area contributed by atoms with Crippen molar-refractivity contribution in [3.8, 4) is 17.4 Å². The number of ether oxygens (including phenoxy) is 1. The van der Waals surface area contributed by atoms with Crippen LogP contribution in [0.25, 0.3) is 11.6 Å². The first-order valence-corrected chi connectivity index (χ1v) is 9.37. The number of benzene rings is 1. The van der Waals surface area contributed by atoms with Crippen LogP contribution in [0.2, 0.25) is 0 Å². The Morgan fingerprint density at radius 2 is 2.18 bits per heavy atom. The second kappa shape index (κ2) is 7.46. The highest BCUT2D eigenvalue weighted by Crippen LogP contribution is 2.28. The Morgan fingerprint density at radius 3 is 2.96 bits per heavy atom. The predicted octanol–water partition coefficient (Wildman–Crippen LogP) is 2.74. The summed E-state index contributed by atoms with van der Waals surface area (Å²) in [6.45, 7) is 4.70.